The predicted octanol–water partition coefficient (Wildman–Crippen LogP) is 4.09. The maximum atomic E-state index is 13.3. The van der Waals surface area contributed by atoms with Crippen molar-refractivity contribution in [3.05, 3.63) is 65.2 Å². The summed E-state index contributed by atoms with van der Waals surface area (Å²) in [5, 5.41) is 3.16. The monoisotopic (exact) mass is 352 g/mol. The molecule has 4 heteroatoms. The van der Waals surface area contributed by atoms with Gasteiger partial charge in [0.15, 0.2) is 0 Å². The summed E-state index contributed by atoms with van der Waals surface area (Å²) in [5.41, 5.74) is 4.09. The second kappa shape index (κ2) is 8.02. The molecule has 0 aromatic heterocycles. The molecule has 26 heavy (non-hydrogen) atoms. The molecule has 0 saturated carbocycles. The number of carbonyl (C=O) groups excluding carboxylic acids is 1. The third kappa shape index (κ3) is 4.32. The van der Waals surface area contributed by atoms with Crippen molar-refractivity contribution >= 4 is 11.6 Å². The molecule has 1 fully saturated rings. The van der Waals surface area contributed by atoms with Crippen LogP contribution < -0.4 is 5.32 Å². The fraction of sp³-hybridized carbons (Fsp3) is 0.409. The summed E-state index contributed by atoms with van der Waals surface area (Å²) in [4.78, 5) is 15.5. The van der Waals surface area contributed by atoms with Crippen LogP contribution in [0, 0.1) is 13.8 Å². The third-order valence-corrected chi connectivity index (χ3v) is 4.83. The van der Waals surface area contributed by atoms with Gasteiger partial charge in [0.25, 0.3) is 0 Å². The van der Waals surface area contributed by atoms with E-state index in [-0.39, 0.29) is 24.2 Å². The van der Waals surface area contributed by atoms with E-state index in [0.717, 1.165) is 35.5 Å². The van der Waals surface area contributed by atoms with E-state index in [1.807, 2.05) is 56.3 Å². The maximum absolute atomic E-state index is 13.3. The fourth-order valence-electron chi connectivity index (χ4n) is 3.66. The molecule has 2 aromatic rings. The Labute approximate surface area is 156 Å². The zero-order valence-corrected chi connectivity index (χ0v) is 16.0. The minimum atomic E-state index is -0.329. The van der Waals surface area contributed by atoms with E-state index in [1.165, 1.54) is 0 Å². The number of hydrogen-bond acceptors (Lipinski definition) is 3. The van der Waals surface area contributed by atoms with Crippen LogP contribution in [0.15, 0.2) is 48.5 Å². The number of benzene rings is 2. The number of hydrogen-bond donors (Lipinski definition) is 1. The lowest BCUT2D eigenvalue weighted by atomic mass is 10.0. The van der Waals surface area contributed by atoms with E-state index in [4.69, 9.17) is 4.74 Å². The molecule has 0 radical (unpaired) electrons. The summed E-state index contributed by atoms with van der Waals surface area (Å²) in [6, 6.07) is 15.8. The Morgan fingerprint density at radius 2 is 1.73 bits per heavy atom. The number of morpholine rings is 1. The number of ether oxygens (including phenoxy) is 1. The van der Waals surface area contributed by atoms with E-state index in [2.05, 4.69) is 30.1 Å². The number of carbonyl (C=O) groups is 1. The highest BCUT2D eigenvalue weighted by Crippen LogP contribution is 2.27. The Bertz CT molecular complexity index is 750. The minimum absolute atomic E-state index is 0.00574. The first-order chi connectivity index (χ1) is 12.4. The van der Waals surface area contributed by atoms with Crippen LogP contribution in [0.1, 0.15) is 36.6 Å². The van der Waals surface area contributed by atoms with Crippen molar-refractivity contribution in [2.75, 3.05) is 18.4 Å². The molecule has 1 N–H and O–H groups in total. The van der Waals surface area contributed by atoms with E-state index in [0.29, 0.717) is 0 Å². The standard InChI is InChI=1S/C22H28N2O2/c1-15-10-11-16(2)20(12-15)23-22(25)21(19-8-6-5-7-9-19)24-13-17(3)26-18(4)14-24/h5-12,17-18,21H,13-14H2,1-4H3,(H,23,25)/t17-,18+,21-/m1/s1. The second-order valence-electron chi connectivity index (χ2n) is 7.33. The topological polar surface area (TPSA) is 41.6 Å². The van der Waals surface area contributed by atoms with Crippen molar-refractivity contribution < 1.29 is 9.53 Å². The maximum Gasteiger partial charge on any atom is 0.246 e. The van der Waals surface area contributed by atoms with Crippen LogP contribution in [0.2, 0.25) is 0 Å². The van der Waals surface area contributed by atoms with Crippen LogP contribution in [0.25, 0.3) is 0 Å². The molecule has 1 aliphatic rings. The van der Waals surface area contributed by atoms with E-state index < -0.39 is 0 Å². The van der Waals surface area contributed by atoms with Crippen molar-refractivity contribution in [3.63, 3.8) is 0 Å². The average Bonchev–Trinajstić information content (AvgIpc) is 2.58. The molecule has 1 amide bonds. The summed E-state index contributed by atoms with van der Waals surface area (Å²) in [6.07, 6.45) is 0.219. The van der Waals surface area contributed by atoms with Crippen molar-refractivity contribution in [1.82, 2.24) is 4.90 Å². The highest BCUT2D eigenvalue weighted by Gasteiger charge is 2.33. The lowest BCUT2D eigenvalue weighted by Gasteiger charge is -2.39. The van der Waals surface area contributed by atoms with Gasteiger partial charge in [0, 0.05) is 18.8 Å². The molecule has 0 aliphatic carbocycles. The molecular weight excluding hydrogens is 324 g/mol. The molecule has 0 bridgehead atoms. The first-order valence-corrected chi connectivity index (χ1v) is 9.26. The van der Waals surface area contributed by atoms with Crippen LogP contribution in [-0.2, 0) is 9.53 Å². The highest BCUT2D eigenvalue weighted by molar-refractivity contribution is 5.96. The summed E-state index contributed by atoms with van der Waals surface area (Å²) in [7, 11) is 0. The van der Waals surface area contributed by atoms with Crippen LogP contribution in [-0.4, -0.2) is 36.1 Å². The molecule has 3 rings (SSSR count). The SMILES string of the molecule is Cc1ccc(C)c(NC(=O)[C@@H](c2ccccc2)N2C[C@@H](C)O[C@@H](C)C2)c1. The average molecular weight is 352 g/mol. The summed E-state index contributed by atoms with van der Waals surface area (Å²) >= 11 is 0. The Balaban J connectivity index is 1.90. The van der Waals surface area contributed by atoms with Crippen molar-refractivity contribution in [2.24, 2.45) is 0 Å². The van der Waals surface area contributed by atoms with E-state index in [1.54, 1.807) is 0 Å². The Morgan fingerprint density at radius 1 is 1.08 bits per heavy atom. The van der Waals surface area contributed by atoms with Gasteiger partial charge in [-0.3, -0.25) is 9.69 Å². The van der Waals surface area contributed by atoms with Crippen molar-refractivity contribution in [2.45, 2.75) is 45.9 Å². The number of rotatable bonds is 4. The Kier molecular flexibility index (Phi) is 5.74. The van der Waals surface area contributed by atoms with Crippen LogP contribution in [0.4, 0.5) is 5.69 Å². The summed E-state index contributed by atoms with van der Waals surface area (Å²) in [5.74, 6) is 0.00574. The normalized spacial score (nSPS) is 22.0. The Morgan fingerprint density at radius 3 is 2.38 bits per heavy atom. The minimum Gasteiger partial charge on any atom is -0.373 e. The fourth-order valence-corrected chi connectivity index (χ4v) is 3.66. The smallest absolute Gasteiger partial charge is 0.246 e. The van der Waals surface area contributed by atoms with Gasteiger partial charge < -0.3 is 10.1 Å². The van der Waals surface area contributed by atoms with Crippen LogP contribution in [0.3, 0.4) is 0 Å². The molecule has 2 aromatic carbocycles. The zero-order valence-electron chi connectivity index (χ0n) is 16.0. The highest BCUT2D eigenvalue weighted by atomic mass is 16.5. The molecule has 4 nitrogen and oxygen atoms in total. The molecular formula is C22H28N2O2. The quantitative estimate of drug-likeness (QED) is 0.901. The summed E-state index contributed by atoms with van der Waals surface area (Å²) < 4.78 is 5.86. The van der Waals surface area contributed by atoms with Gasteiger partial charge in [-0.05, 0) is 50.5 Å². The first kappa shape index (κ1) is 18.6. The van der Waals surface area contributed by atoms with E-state index in [9.17, 15) is 4.79 Å². The third-order valence-electron chi connectivity index (χ3n) is 4.83. The first-order valence-electron chi connectivity index (χ1n) is 9.26. The number of nitrogens with one attached hydrogen (secondary N) is 1. The zero-order chi connectivity index (χ0) is 18.7. The van der Waals surface area contributed by atoms with Gasteiger partial charge in [0.1, 0.15) is 6.04 Å². The predicted molar refractivity (Wildman–Crippen MR) is 105 cm³/mol. The lowest BCUT2D eigenvalue weighted by Crippen LogP contribution is -2.49. The largest absolute Gasteiger partial charge is 0.373 e. The molecule has 1 aliphatic heterocycles. The van der Waals surface area contributed by atoms with Gasteiger partial charge in [-0.15, -0.1) is 0 Å². The number of amides is 1. The van der Waals surface area contributed by atoms with Gasteiger partial charge in [-0.2, -0.15) is 0 Å². The van der Waals surface area contributed by atoms with Gasteiger partial charge in [-0.25, -0.2) is 0 Å². The Hall–Kier alpha value is -2.17. The van der Waals surface area contributed by atoms with Gasteiger partial charge in [-0.1, -0.05) is 42.5 Å². The van der Waals surface area contributed by atoms with Gasteiger partial charge >= 0.3 is 0 Å². The van der Waals surface area contributed by atoms with E-state index >= 15 is 0 Å². The molecule has 0 unspecified atom stereocenters. The molecule has 138 valence electrons. The number of nitrogens with zero attached hydrogens (tertiary/aromatic N) is 1. The second-order valence-corrected chi connectivity index (χ2v) is 7.33. The summed E-state index contributed by atoms with van der Waals surface area (Å²) in [6.45, 7) is 9.66. The lowest BCUT2D eigenvalue weighted by molar-refractivity contribution is -0.128. The molecule has 3 atom stereocenters. The van der Waals surface area contributed by atoms with Gasteiger partial charge in [0.2, 0.25) is 5.91 Å². The van der Waals surface area contributed by atoms with Crippen LogP contribution >= 0.6 is 0 Å². The molecule has 1 saturated heterocycles. The molecule has 0 spiro atoms. The van der Waals surface area contributed by atoms with Crippen molar-refractivity contribution in [1.29, 1.82) is 0 Å². The number of anilines is 1. The van der Waals surface area contributed by atoms with Crippen molar-refractivity contribution in [3.8, 4) is 0 Å². The van der Waals surface area contributed by atoms with Gasteiger partial charge in [0.05, 0.1) is 12.2 Å². The van der Waals surface area contributed by atoms with Crippen LogP contribution in [0.5, 0.6) is 0 Å². The number of aryl methyl sites for hydroxylation is 2. The molecule has 1 heterocycles.